The van der Waals surface area contributed by atoms with Crippen LogP contribution in [-0.4, -0.2) is 23.6 Å². The van der Waals surface area contributed by atoms with Crippen molar-refractivity contribution in [1.82, 2.24) is 4.90 Å². The summed E-state index contributed by atoms with van der Waals surface area (Å²) in [5, 5.41) is 0. The fourth-order valence-corrected chi connectivity index (χ4v) is 6.35. The third kappa shape index (κ3) is 7.88. The lowest BCUT2D eigenvalue weighted by Gasteiger charge is -2.36. The number of rotatable bonds is 16. The van der Waals surface area contributed by atoms with Crippen LogP contribution in [0, 0.1) is 29.4 Å². The van der Waals surface area contributed by atoms with Crippen molar-refractivity contribution in [3.05, 3.63) is 46.7 Å². The summed E-state index contributed by atoms with van der Waals surface area (Å²) in [6.45, 7) is 4.51. The molecular weight excluding hydrogens is 519 g/mol. The molecule has 0 amide bonds. The van der Waals surface area contributed by atoms with Gasteiger partial charge in [0.15, 0.2) is 11.6 Å². The van der Waals surface area contributed by atoms with Crippen LogP contribution < -0.4 is 0 Å². The van der Waals surface area contributed by atoms with Gasteiger partial charge in [-0.05, 0) is 54.7 Å². The zero-order valence-electron chi connectivity index (χ0n) is 24.3. The molecule has 4 rings (SSSR count). The molecule has 1 aromatic rings. The fraction of sp³-hybridized carbons (Fsp3) is 0.727. The molecule has 0 spiro atoms. The molecule has 0 N–H and O–H groups in total. The van der Waals surface area contributed by atoms with E-state index in [9.17, 15) is 8.78 Å². The Labute approximate surface area is 237 Å². The summed E-state index contributed by atoms with van der Waals surface area (Å²) in [5.41, 5.74) is -0.646. The van der Waals surface area contributed by atoms with Crippen LogP contribution in [-0.2, 0) is 18.8 Å². The number of aryl methyl sites for hydroxylation is 1. The van der Waals surface area contributed by atoms with Crippen LogP contribution in [0.5, 0.6) is 0 Å². The standard InChI is InChI=1S/C33H47F5N2/c1-3-4-12-23(2)21-26-22-25-16-17-27(33(37,38)29(25)31(35)30(26)34)28-18-20-40(32(36)39-28)19-11-9-7-5-6-8-10-13-24-14-15-24/h18,20,22-24,27,32H,3-17,19,21H2,1-2H3. The molecule has 2 nitrogen and oxygen atoms in total. The van der Waals surface area contributed by atoms with Crippen molar-refractivity contribution in [2.75, 3.05) is 6.54 Å². The third-order valence-corrected chi connectivity index (χ3v) is 9.00. The van der Waals surface area contributed by atoms with Crippen molar-refractivity contribution >= 4 is 5.71 Å². The smallest absolute Gasteiger partial charge is 0.284 e. The second kappa shape index (κ2) is 14.3. The summed E-state index contributed by atoms with van der Waals surface area (Å²) >= 11 is 0. The number of hydrogen-bond acceptors (Lipinski definition) is 2. The minimum absolute atomic E-state index is 0.00640. The van der Waals surface area contributed by atoms with Crippen molar-refractivity contribution in [3.8, 4) is 0 Å². The van der Waals surface area contributed by atoms with E-state index in [0.29, 0.717) is 13.0 Å². The summed E-state index contributed by atoms with van der Waals surface area (Å²) in [6, 6.07) is 1.42. The van der Waals surface area contributed by atoms with Crippen LogP contribution >= 0.6 is 0 Å². The maximum absolute atomic E-state index is 15.7. The van der Waals surface area contributed by atoms with Gasteiger partial charge in [0.25, 0.3) is 12.3 Å². The number of allylic oxidation sites excluding steroid dienone is 1. The zero-order chi connectivity index (χ0) is 28.7. The Balaban J connectivity index is 1.30. The minimum atomic E-state index is -3.67. The molecule has 1 heterocycles. The first-order chi connectivity index (χ1) is 19.2. The van der Waals surface area contributed by atoms with E-state index in [0.717, 1.165) is 44.4 Å². The average molecular weight is 567 g/mol. The molecule has 3 unspecified atom stereocenters. The van der Waals surface area contributed by atoms with Crippen LogP contribution in [0.3, 0.4) is 0 Å². The van der Waals surface area contributed by atoms with Crippen molar-refractivity contribution in [3.63, 3.8) is 0 Å². The first-order valence-electron chi connectivity index (χ1n) is 15.8. The Morgan fingerprint density at radius 3 is 2.35 bits per heavy atom. The van der Waals surface area contributed by atoms with E-state index in [1.807, 2.05) is 6.92 Å². The number of unbranched alkanes of at least 4 members (excludes halogenated alkanes) is 7. The molecule has 3 atom stereocenters. The van der Waals surface area contributed by atoms with Crippen LogP contribution in [0.25, 0.3) is 0 Å². The lowest BCUT2D eigenvalue weighted by atomic mass is 9.76. The van der Waals surface area contributed by atoms with Gasteiger partial charge in [0, 0.05) is 12.7 Å². The molecule has 0 radical (unpaired) electrons. The van der Waals surface area contributed by atoms with Gasteiger partial charge in [0.1, 0.15) is 0 Å². The monoisotopic (exact) mass is 566 g/mol. The normalized spacial score (nSPS) is 22.8. The highest BCUT2D eigenvalue weighted by Gasteiger charge is 2.51. The Morgan fingerprint density at radius 2 is 1.68 bits per heavy atom. The van der Waals surface area contributed by atoms with Gasteiger partial charge < -0.3 is 4.90 Å². The average Bonchev–Trinajstić information content (AvgIpc) is 3.74. The Kier molecular flexibility index (Phi) is 11.1. The predicted molar refractivity (Wildman–Crippen MR) is 152 cm³/mol. The maximum atomic E-state index is 15.7. The lowest BCUT2D eigenvalue weighted by Crippen LogP contribution is -2.40. The third-order valence-electron chi connectivity index (χ3n) is 9.00. The predicted octanol–water partition coefficient (Wildman–Crippen LogP) is 10.0. The Hall–Kier alpha value is -1.92. The molecule has 40 heavy (non-hydrogen) atoms. The molecule has 7 heteroatoms. The van der Waals surface area contributed by atoms with Gasteiger partial charge in [-0.15, -0.1) is 0 Å². The molecule has 1 fully saturated rings. The molecule has 1 aromatic carbocycles. The highest BCUT2D eigenvalue weighted by molar-refractivity contribution is 5.98. The number of alkyl halides is 3. The molecule has 0 saturated heterocycles. The largest absolute Gasteiger partial charge is 0.330 e. The molecular formula is C33H47F5N2. The van der Waals surface area contributed by atoms with Gasteiger partial charge in [-0.3, -0.25) is 0 Å². The first kappa shape index (κ1) is 31.0. The lowest BCUT2D eigenvalue weighted by molar-refractivity contribution is -0.0531. The van der Waals surface area contributed by atoms with E-state index < -0.39 is 35.5 Å². The van der Waals surface area contributed by atoms with Crippen molar-refractivity contribution < 1.29 is 22.0 Å². The van der Waals surface area contributed by atoms with Crippen molar-refractivity contribution in [2.24, 2.45) is 22.7 Å². The van der Waals surface area contributed by atoms with E-state index in [1.165, 1.54) is 68.2 Å². The van der Waals surface area contributed by atoms with Crippen molar-refractivity contribution in [2.45, 2.75) is 129 Å². The molecule has 0 bridgehead atoms. The number of halogens is 5. The van der Waals surface area contributed by atoms with Gasteiger partial charge in [-0.1, -0.05) is 97.0 Å². The second-order valence-electron chi connectivity index (χ2n) is 12.5. The van der Waals surface area contributed by atoms with Crippen LogP contribution in [0.2, 0.25) is 0 Å². The quantitative estimate of drug-likeness (QED) is 0.110. The number of nitrogens with zero attached hydrogens (tertiary/aromatic N) is 2. The first-order valence-corrected chi connectivity index (χ1v) is 15.8. The SMILES string of the molecule is CCCCC(C)Cc1cc2c(c(F)c1F)C(F)(F)C(C1=NC(F)N(CCCCCCCCCC3CC3)C=C1)CC2. The minimum Gasteiger partial charge on any atom is -0.330 e. The number of fused-ring (bicyclic) bond motifs is 1. The van der Waals surface area contributed by atoms with E-state index >= 15 is 13.2 Å². The molecule has 1 aliphatic heterocycles. The van der Waals surface area contributed by atoms with Gasteiger partial charge >= 0.3 is 0 Å². The van der Waals surface area contributed by atoms with Crippen molar-refractivity contribution in [1.29, 1.82) is 0 Å². The molecule has 224 valence electrons. The summed E-state index contributed by atoms with van der Waals surface area (Å²) in [6.07, 6.45) is 16.8. The summed E-state index contributed by atoms with van der Waals surface area (Å²) in [4.78, 5) is 5.39. The van der Waals surface area contributed by atoms with E-state index in [4.69, 9.17) is 0 Å². The fourth-order valence-electron chi connectivity index (χ4n) is 6.35. The van der Waals surface area contributed by atoms with E-state index in [-0.39, 0.29) is 35.6 Å². The van der Waals surface area contributed by atoms with Crippen LogP contribution in [0.15, 0.2) is 23.3 Å². The number of hydrogen-bond donors (Lipinski definition) is 0. The maximum Gasteiger partial charge on any atom is 0.284 e. The highest BCUT2D eigenvalue weighted by atomic mass is 19.3. The second-order valence-corrected chi connectivity index (χ2v) is 12.5. The summed E-state index contributed by atoms with van der Waals surface area (Å²) < 4.78 is 76.3. The van der Waals surface area contributed by atoms with Gasteiger partial charge in [-0.2, -0.15) is 4.39 Å². The van der Waals surface area contributed by atoms with Crippen LogP contribution in [0.1, 0.15) is 120 Å². The van der Waals surface area contributed by atoms with Gasteiger partial charge in [0.2, 0.25) is 0 Å². The number of aliphatic imine (C=N–C) groups is 1. The molecule has 0 aromatic heterocycles. The molecule has 1 saturated carbocycles. The zero-order valence-corrected chi connectivity index (χ0v) is 24.3. The Bertz CT molecular complexity index is 1030. The highest BCUT2D eigenvalue weighted by Crippen LogP contribution is 2.48. The molecule has 3 aliphatic rings. The topological polar surface area (TPSA) is 15.6 Å². The number of benzene rings is 1. The summed E-state index contributed by atoms with van der Waals surface area (Å²) in [5.74, 6) is -6.67. The van der Waals surface area contributed by atoms with Gasteiger partial charge in [-0.25, -0.2) is 22.6 Å². The van der Waals surface area contributed by atoms with Crippen LogP contribution in [0.4, 0.5) is 22.0 Å². The van der Waals surface area contributed by atoms with E-state index in [2.05, 4.69) is 11.9 Å². The van der Waals surface area contributed by atoms with Gasteiger partial charge in [0.05, 0.1) is 17.2 Å². The van der Waals surface area contributed by atoms with E-state index in [1.54, 1.807) is 0 Å². The Morgan fingerprint density at radius 1 is 0.975 bits per heavy atom. The summed E-state index contributed by atoms with van der Waals surface area (Å²) in [7, 11) is 0. The molecule has 2 aliphatic carbocycles.